The second-order valence-corrected chi connectivity index (χ2v) is 7.40. The van der Waals surface area contributed by atoms with Crippen LogP contribution in [0.5, 0.6) is 0 Å². The van der Waals surface area contributed by atoms with Gasteiger partial charge in [-0.25, -0.2) is 9.78 Å². The van der Waals surface area contributed by atoms with Crippen molar-refractivity contribution in [3.63, 3.8) is 0 Å². The number of carbonyl (C=O) groups excluding carboxylic acids is 1. The average molecular weight is 297 g/mol. The first-order chi connectivity index (χ1) is 9.89. The van der Waals surface area contributed by atoms with Crippen LogP contribution in [0.15, 0.2) is 0 Å². The van der Waals surface area contributed by atoms with Crippen LogP contribution in [0, 0.1) is 23.7 Å². The van der Waals surface area contributed by atoms with Crippen molar-refractivity contribution in [3.8, 4) is 0 Å². The topological polar surface area (TPSA) is 68.2 Å². The van der Waals surface area contributed by atoms with E-state index in [1.807, 2.05) is 13.8 Å². The molecule has 1 saturated carbocycles. The first-order valence-electron chi connectivity index (χ1n) is 7.96. The molecule has 1 amide bonds. The Kier molecular flexibility index (Phi) is 2.78. The fourth-order valence-electron chi connectivity index (χ4n) is 5.03. The Morgan fingerprint density at radius 3 is 2.71 bits per heavy atom. The van der Waals surface area contributed by atoms with Gasteiger partial charge in [-0.3, -0.25) is 10.0 Å². The van der Waals surface area contributed by atoms with Crippen molar-refractivity contribution in [3.05, 3.63) is 0 Å². The van der Waals surface area contributed by atoms with Gasteiger partial charge in [0.25, 0.3) is 5.91 Å². The number of ether oxygens (including phenoxy) is 1. The van der Waals surface area contributed by atoms with Crippen molar-refractivity contribution >= 4 is 5.91 Å². The molecule has 0 unspecified atom stereocenters. The van der Waals surface area contributed by atoms with E-state index in [9.17, 15) is 10.0 Å². The van der Waals surface area contributed by atoms with Crippen molar-refractivity contribution in [2.45, 2.75) is 64.1 Å². The van der Waals surface area contributed by atoms with Gasteiger partial charge in [-0.05, 0) is 38.0 Å². The van der Waals surface area contributed by atoms with Crippen LogP contribution in [-0.4, -0.2) is 33.8 Å². The summed E-state index contributed by atoms with van der Waals surface area (Å²) in [4.78, 5) is 23.9. The Hall–Kier alpha value is -0.690. The number of nitrogens with zero attached hydrogens (tertiary/aromatic N) is 1. The second kappa shape index (κ2) is 4.19. The van der Waals surface area contributed by atoms with E-state index in [2.05, 4.69) is 6.92 Å². The Morgan fingerprint density at radius 1 is 1.19 bits per heavy atom. The molecule has 2 bridgehead atoms. The summed E-state index contributed by atoms with van der Waals surface area (Å²) in [5, 5.41) is 11.1. The van der Waals surface area contributed by atoms with Gasteiger partial charge in [0.1, 0.15) is 0 Å². The van der Waals surface area contributed by atoms with Crippen LogP contribution in [0.4, 0.5) is 0 Å². The highest BCUT2D eigenvalue weighted by molar-refractivity contribution is 5.79. The molecule has 5 rings (SSSR count). The number of rotatable bonds is 0. The summed E-state index contributed by atoms with van der Waals surface area (Å²) in [5.74, 6) is -0.720. The third-order valence-corrected chi connectivity index (χ3v) is 6.24. The zero-order valence-electron chi connectivity index (χ0n) is 12.7. The Morgan fingerprint density at radius 2 is 1.95 bits per heavy atom. The van der Waals surface area contributed by atoms with Crippen molar-refractivity contribution in [1.29, 1.82) is 0 Å². The van der Waals surface area contributed by atoms with E-state index in [0.29, 0.717) is 12.3 Å². The van der Waals surface area contributed by atoms with Crippen molar-refractivity contribution < 1.29 is 24.5 Å². The van der Waals surface area contributed by atoms with Crippen molar-refractivity contribution in [1.82, 2.24) is 5.06 Å². The second-order valence-electron chi connectivity index (χ2n) is 7.40. The van der Waals surface area contributed by atoms with E-state index >= 15 is 0 Å². The molecule has 118 valence electrons. The van der Waals surface area contributed by atoms with Gasteiger partial charge in [-0.15, -0.1) is 0 Å². The number of piperidine rings is 1. The van der Waals surface area contributed by atoms with Crippen molar-refractivity contribution in [2.75, 3.05) is 0 Å². The Labute approximate surface area is 124 Å². The first kappa shape index (κ1) is 13.9. The highest BCUT2D eigenvalue weighted by atomic mass is 17.3. The predicted octanol–water partition coefficient (Wildman–Crippen LogP) is 2.07. The van der Waals surface area contributed by atoms with Gasteiger partial charge in [0, 0.05) is 18.3 Å². The lowest BCUT2D eigenvalue weighted by molar-refractivity contribution is -0.558. The number of fused-ring (bicyclic) bond motifs is 2. The fourth-order valence-corrected chi connectivity index (χ4v) is 5.03. The Balaban J connectivity index is 1.87. The van der Waals surface area contributed by atoms with Crippen LogP contribution < -0.4 is 0 Å². The summed E-state index contributed by atoms with van der Waals surface area (Å²) in [7, 11) is 0. The molecule has 5 aliphatic rings. The number of hydroxylamine groups is 2. The molecule has 0 radical (unpaired) electrons. The maximum Gasteiger partial charge on any atom is 0.251 e. The maximum atomic E-state index is 12.4. The van der Waals surface area contributed by atoms with Crippen LogP contribution in [0.1, 0.15) is 46.5 Å². The molecule has 1 N–H and O–H groups in total. The molecule has 6 heteroatoms. The van der Waals surface area contributed by atoms with Gasteiger partial charge < -0.3 is 4.74 Å². The SMILES string of the molecule is C[C@@H]1C(=O)N(O)[C@@H]2O[C@@]3(C)CC[C@H]4[C@@H](C)CC[C@@H]1[C@]42OO3. The molecule has 4 heterocycles. The van der Waals surface area contributed by atoms with E-state index in [4.69, 9.17) is 14.5 Å². The first-order valence-corrected chi connectivity index (χ1v) is 7.96. The third kappa shape index (κ3) is 1.59. The number of hydrogen-bond acceptors (Lipinski definition) is 5. The van der Waals surface area contributed by atoms with E-state index < -0.39 is 17.6 Å². The molecule has 0 aromatic rings. The molecule has 0 aromatic heterocycles. The minimum Gasteiger partial charge on any atom is -0.318 e. The van der Waals surface area contributed by atoms with E-state index in [1.165, 1.54) is 0 Å². The molecule has 0 aromatic carbocycles. The number of carbonyl (C=O) groups is 1. The zero-order chi connectivity index (χ0) is 15.0. The minimum absolute atomic E-state index is 0.0299. The smallest absolute Gasteiger partial charge is 0.251 e. The summed E-state index contributed by atoms with van der Waals surface area (Å²) in [6, 6.07) is 0. The molecular weight excluding hydrogens is 274 g/mol. The third-order valence-electron chi connectivity index (χ3n) is 6.24. The molecule has 6 nitrogen and oxygen atoms in total. The number of amides is 1. The summed E-state index contributed by atoms with van der Waals surface area (Å²) in [6.07, 6.45) is 2.86. The summed E-state index contributed by atoms with van der Waals surface area (Å²) >= 11 is 0. The monoisotopic (exact) mass is 297 g/mol. The largest absolute Gasteiger partial charge is 0.318 e. The van der Waals surface area contributed by atoms with E-state index in [-0.39, 0.29) is 23.7 Å². The van der Waals surface area contributed by atoms with Gasteiger partial charge in [0.05, 0.1) is 0 Å². The lowest BCUT2D eigenvalue weighted by Crippen LogP contribution is -2.74. The normalized spacial score (nSPS) is 56.1. The van der Waals surface area contributed by atoms with Crippen LogP contribution in [0.3, 0.4) is 0 Å². The van der Waals surface area contributed by atoms with Crippen LogP contribution in [0.25, 0.3) is 0 Å². The molecule has 1 spiro atoms. The molecular formula is C15H23NO5. The number of hydrogen-bond donors (Lipinski definition) is 1. The fraction of sp³-hybridized carbons (Fsp3) is 0.933. The summed E-state index contributed by atoms with van der Waals surface area (Å²) < 4.78 is 6.02. The maximum absolute atomic E-state index is 12.4. The highest BCUT2D eigenvalue weighted by Gasteiger charge is 2.70. The summed E-state index contributed by atoms with van der Waals surface area (Å²) in [6.45, 7) is 5.91. The van der Waals surface area contributed by atoms with Gasteiger partial charge in [-0.2, -0.15) is 5.06 Å². The van der Waals surface area contributed by atoms with Crippen LogP contribution in [0.2, 0.25) is 0 Å². The van der Waals surface area contributed by atoms with Gasteiger partial charge in [-0.1, -0.05) is 13.8 Å². The predicted molar refractivity (Wildman–Crippen MR) is 70.6 cm³/mol. The quantitative estimate of drug-likeness (QED) is 0.547. The Bertz CT molecular complexity index is 485. The zero-order valence-corrected chi connectivity index (χ0v) is 12.7. The van der Waals surface area contributed by atoms with Crippen LogP contribution in [-0.2, 0) is 19.3 Å². The molecule has 5 fully saturated rings. The molecule has 1 aliphatic carbocycles. The molecule has 4 saturated heterocycles. The minimum atomic E-state index is -0.890. The van der Waals surface area contributed by atoms with Crippen molar-refractivity contribution in [2.24, 2.45) is 23.7 Å². The van der Waals surface area contributed by atoms with Gasteiger partial charge in [0.15, 0.2) is 11.8 Å². The average Bonchev–Trinajstić information content (AvgIpc) is 2.69. The standard InChI is InChI=1S/C15H23NO5/c1-8-4-5-11-9(2)12(17)16(18)13-15(11)10(8)6-7-14(3,19-13)20-21-15/h8-11,13,18H,4-7H2,1-3H3/t8-,9-,10-,11-,13+,14+,15+/m0/s1. The lowest BCUT2D eigenvalue weighted by Gasteiger charge is -2.60. The van der Waals surface area contributed by atoms with Gasteiger partial charge >= 0.3 is 0 Å². The van der Waals surface area contributed by atoms with Crippen LogP contribution >= 0.6 is 0 Å². The molecule has 4 aliphatic heterocycles. The summed E-state index contributed by atoms with van der Waals surface area (Å²) in [5.41, 5.74) is -0.740. The van der Waals surface area contributed by atoms with Gasteiger partial charge in [0.2, 0.25) is 5.79 Å². The highest BCUT2D eigenvalue weighted by Crippen LogP contribution is 2.59. The molecule has 21 heavy (non-hydrogen) atoms. The lowest BCUT2D eigenvalue weighted by atomic mass is 9.57. The molecule has 7 atom stereocenters. The van der Waals surface area contributed by atoms with E-state index in [1.54, 1.807) is 0 Å². The van der Waals surface area contributed by atoms with E-state index in [0.717, 1.165) is 24.3 Å².